The lowest BCUT2D eigenvalue weighted by molar-refractivity contribution is 0.102. The summed E-state index contributed by atoms with van der Waals surface area (Å²) in [6.07, 6.45) is 5.17. The van der Waals surface area contributed by atoms with Crippen molar-refractivity contribution in [3.05, 3.63) is 51.8 Å². The Morgan fingerprint density at radius 3 is 2.68 bits per heavy atom. The van der Waals surface area contributed by atoms with Crippen LogP contribution in [-0.4, -0.2) is 52.0 Å². The van der Waals surface area contributed by atoms with Gasteiger partial charge in [-0.1, -0.05) is 11.3 Å². The predicted molar refractivity (Wildman–Crippen MR) is 129 cm³/mol. The molecule has 31 heavy (non-hydrogen) atoms. The van der Waals surface area contributed by atoms with Gasteiger partial charge in [0.1, 0.15) is 0 Å². The quantitative estimate of drug-likeness (QED) is 0.435. The molecule has 8 nitrogen and oxygen atoms in total. The van der Waals surface area contributed by atoms with Gasteiger partial charge in [0.2, 0.25) is 0 Å². The smallest absolute Gasteiger partial charge is 0.261 e. The number of aromatic nitrogens is 4. The number of piperazine rings is 1. The van der Waals surface area contributed by atoms with E-state index in [0.29, 0.717) is 16.3 Å². The summed E-state index contributed by atoms with van der Waals surface area (Å²) in [4.78, 5) is 35.1. The minimum atomic E-state index is -0.219. The number of aryl methyl sites for hydroxylation is 1. The van der Waals surface area contributed by atoms with Crippen molar-refractivity contribution in [3.8, 4) is 0 Å². The monoisotopic (exact) mass is 515 g/mol. The van der Waals surface area contributed by atoms with Crippen LogP contribution in [0.2, 0.25) is 0 Å². The first-order valence-electron chi connectivity index (χ1n) is 9.66. The molecule has 158 valence electrons. The first kappa shape index (κ1) is 20.3. The largest absolute Gasteiger partial charge is 0.367 e. The van der Waals surface area contributed by atoms with Gasteiger partial charge < -0.3 is 9.80 Å². The second kappa shape index (κ2) is 8.48. The van der Waals surface area contributed by atoms with Crippen LogP contribution in [0.1, 0.15) is 16.1 Å². The molecule has 0 radical (unpaired) electrons. The van der Waals surface area contributed by atoms with Crippen LogP contribution in [0.5, 0.6) is 0 Å². The van der Waals surface area contributed by atoms with Gasteiger partial charge in [-0.25, -0.2) is 9.97 Å². The van der Waals surface area contributed by atoms with Crippen LogP contribution in [0.3, 0.4) is 0 Å². The number of thiazole rings is 2. The summed E-state index contributed by atoms with van der Waals surface area (Å²) in [5.41, 5.74) is 2.93. The lowest BCUT2D eigenvalue weighted by Gasteiger charge is -2.36. The Labute approximate surface area is 195 Å². The number of amides is 1. The first-order valence-corrected chi connectivity index (χ1v) is 12.2. The van der Waals surface area contributed by atoms with E-state index in [1.54, 1.807) is 23.7 Å². The molecule has 0 spiro atoms. The Balaban J connectivity index is 1.36. The number of nitrogens with one attached hydrogen (secondary N) is 1. The first-order chi connectivity index (χ1) is 15.1. The third kappa shape index (κ3) is 4.25. The summed E-state index contributed by atoms with van der Waals surface area (Å²) in [6, 6.07) is 3.92. The molecule has 0 saturated carbocycles. The number of pyridine rings is 2. The maximum atomic E-state index is 13.1. The molecule has 5 rings (SSSR count). The summed E-state index contributed by atoms with van der Waals surface area (Å²) < 4.78 is 1.79. The molecular weight excluding hydrogens is 498 g/mol. The molecule has 4 aromatic heterocycles. The number of rotatable bonds is 4. The number of fused-ring (bicyclic) bond motifs is 1. The van der Waals surface area contributed by atoms with Crippen LogP contribution in [-0.2, 0) is 0 Å². The second-order valence-electron chi connectivity index (χ2n) is 7.08. The minimum absolute atomic E-state index is 0.219. The van der Waals surface area contributed by atoms with Gasteiger partial charge in [0.05, 0.1) is 16.0 Å². The standard InChI is InChI=1S/C20H18BrN7OS2/c1-12-8-15(27-3-5-28(6-4-27)20-22-2-7-30-20)14(11-23-12)18(29)26-19-25-17-16(31-19)9-13(21)10-24-17/h2,7-11H,3-6H2,1H3,(H,24,25,26,29). The molecule has 0 atom stereocenters. The number of hydrogen-bond acceptors (Lipinski definition) is 9. The van der Waals surface area contributed by atoms with Crippen LogP contribution in [0.4, 0.5) is 16.0 Å². The SMILES string of the molecule is Cc1cc(N2CCN(c3nccs3)CC2)c(C(=O)Nc2nc3ncc(Br)cc3s2)cn1. The van der Waals surface area contributed by atoms with Crippen molar-refractivity contribution in [2.24, 2.45) is 0 Å². The highest BCUT2D eigenvalue weighted by atomic mass is 79.9. The Hall–Kier alpha value is -2.63. The second-order valence-corrected chi connectivity index (χ2v) is 9.90. The fourth-order valence-electron chi connectivity index (χ4n) is 3.51. The summed E-state index contributed by atoms with van der Waals surface area (Å²) in [5, 5.41) is 6.48. The van der Waals surface area contributed by atoms with Crippen molar-refractivity contribution in [1.29, 1.82) is 0 Å². The Morgan fingerprint density at radius 1 is 1.10 bits per heavy atom. The van der Waals surface area contributed by atoms with E-state index in [1.807, 2.05) is 30.6 Å². The number of carbonyl (C=O) groups excluding carboxylic acids is 1. The lowest BCUT2D eigenvalue weighted by atomic mass is 10.1. The van der Waals surface area contributed by atoms with E-state index in [4.69, 9.17) is 0 Å². The van der Waals surface area contributed by atoms with Gasteiger partial charge in [0.15, 0.2) is 15.9 Å². The van der Waals surface area contributed by atoms with Crippen molar-refractivity contribution in [2.75, 3.05) is 41.3 Å². The van der Waals surface area contributed by atoms with Crippen molar-refractivity contribution < 1.29 is 4.79 Å². The van der Waals surface area contributed by atoms with E-state index in [1.165, 1.54) is 11.3 Å². The Kier molecular flexibility index (Phi) is 5.55. The third-order valence-corrected chi connectivity index (χ3v) is 7.18. The number of carbonyl (C=O) groups is 1. The zero-order valence-corrected chi connectivity index (χ0v) is 19.8. The van der Waals surface area contributed by atoms with E-state index >= 15 is 0 Å². The van der Waals surface area contributed by atoms with E-state index in [0.717, 1.165) is 51.9 Å². The number of halogens is 1. The van der Waals surface area contributed by atoms with Gasteiger partial charge in [-0.15, -0.1) is 11.3 Å². The van der Waals surface area contributed by atoms with E-state index in [9.17, 15) is 4.79 Å². The van der Waals surface area contributed by atoms with Crippen LogP contribution >= 0.6 is 38.6 Å². The molecule has 0 bridgehead atoms. The normalized spacial score (nSPS) is 14.3. The van der Waals surface area contributed by atoms with Crippen LogP contribution in [0.15, 0.2) is 40.6 Å². The van der Waals surface area contributed by atoms with Crippen LogP contribution < -0.4 is 15.1 Å². The van der Waals surface area contributed by atoms with Gasteiger partial charge in [0, 0.05) is 60.3 Å². The molecule has 1 aliphatic heterocycles. The third-order valence-electron chi connectivity index (χ3n) is 5.01. The molecule has 5 heterocycles. The van der Waals surface area contributed by atoms with Crippen LogP contribution in [0.25, 0.3) is 10.3 Å². The summed E-state index contributed by atoms with van der Waals surface area (Å²) in [7, 11) is 0. The molecule has 0 aliphatic carbocycles. The molecule has 0 unspecified atom stereocenters. The summed E-state index contributed by atoms with van der Waals surface area (Å²) >= 11 is 6.46. The predicted octanol–water partition coefficient (Wildman–Crippen LogP) is 4.19. The Bertz CT molecular complexity index is 1240. The average Bonchev–Trinajstić information content (AvgIpc) is 3.43. The van der Waals surface area contributed by atoms with E-state index in [2.05, 4.69) is 51.0 Å². The molecule has 1 fully saturated rings. The van der Waals surface area contributed by atoms with Crippen molar-refractivity contribution in [1.82, 2.24) is 19.9 Å². The number of anilines is 3. The average molecular weight is 516 g/mol. The van der Waals surface area contributed by atoms with Gasteiger partial charge in [-0.05, 0) is 35.0 Å². The molecule has 11 heteroatoms. The van der Waals surface area contributed by atoms with Crippen molar-refractivity contribution in [2.45, 2.75) is 6.92 Å². The number of nitrogens with zero attached hydrogens (tertiary/aromatic N) is 6. The van der Waals surface area contributed by atoms with E-state index < -0.39 is 0 Å². The fourth-order valence-corrected chi connectivity index (χ4v) is 5.55. The van der Waals surface area contributed by atoms with Crippen molar-refractivity contribution in [3.63, 3.8) is 0 Å². The lowest BCUT2D eigenvalue weighted by Crippen LogP contribution is -2.47. The zero-order valence-electron chi connectivity index (χ0n) is 16.6. The summed E-state index contributed by atoms with van der Waals surface area (Å²) in [6.45, 7) is 5.27. The van der Waals surface area contributed by atoms with E-state index in [-0.39, 0.29) is 5.91 Å². The summed E-state index contributed by atoms with van der Waals surface area (Å²) in [5.74, 6) is -0.219. The molecule has 4 aromatic rings. The molecule has 0 aromatic carbocycles. The Morgan fingerprint density at radius 2 is 1.90 bits per heavy atom. The zero-order chi connectivity index (χ0) is 21.4. The maximum Gasteiger partial charge on any atom is 0.261 e. The van der Waals surface area contributed by atoms with Gasteiger partial charge in [-0.2, -0.15) is 4.98 Å². The highest BCUT2D eigenvalue weighted by Crippen LogP contribution is 2.29. The molecule has 1 aliphatic rings. The molecule has 1 amide bonds. The van der Waals surface area contributed by atoms with Gasteiger partial charge in [-0.3, -0.25) is 15.1 Å². The van der Waals surface area contributed by atoms with Crippen molar-refractivity contribution >= 4 is 70.8 Å². The minimum Gasteiger partial charge on any atom is -0.367 e. The topological polar surface area (TPSA) is 87.1 Å². The van der Waals surface area contributed by atoms with Gasteiger partial charge >= 0.3 is 0 Å². The molecule has 1 saturated heterocycles. The number of hydrogen-bond donors (Lipinski definition) is 1. The fraction of sp³-hybridized carbons (Fsp3) is 0.250. The van der Waals surface area contributed by atoms with Gasteiger partial charge in [0.25, 0.3) is 5.91 Å². The highest BCUT2D eigenvalue weighted by molar-refractivity contribution is 9.10. The maximum absolute atomic E-state index is 13.1. The molecular formula is C20H18BrN7OS2. The molecule has 1 N–H and O–H groups in total. The van der Waals surface area contributed by atoms with Crippen LogP contribution in [0, 0.1) is 6.92 Å². The highest BCUT2D eigenvalue weighted by Gasteiger charge is 2.24.